The third-order valence-corrected chi connectivity index (χ3v) is 7.02. The number of likely N-dealkylation sites (N-methyl/N-ethyl adjacent to an activating group) is 1. The molecular formula is C22H33NO2. The number of nitrogens with zero attached hydrogens (tertiary/aromatic N) is 1. The van der Waals surface area contributed by atoms with Crippen LogP contribution in [-0.2, 0) is 5.41 Å². The van der Waals surface area contributed by atoms with E-state index in [1.54, 1.807) is 7.11 Å². The second-order valence-corrected chi connectivity index (χ2v) is 8.39. The van der Waals surface area contributed by atoms with Crippen LogP contribution in [0.1, 0.15) is 69.8 Å². The second kappa shape index (κ2) is 7.19. The summed E-state index contributed by atoms with van der Waals surface area (Å²) < 4.78 is 12.1. The van der Waals surface area contributed by atoms with Gasteiger partial charge in [0.25, 0.3) is 0 Å². The first-order chi connectivity index (χ1) is 12.2. The molecule has 1 unspecified atom stereocenters. The van der Waals surface area contributed by atoms with Gasteiger partial charge in [-0.2, -0.15) is 0 Å². The second-order valence-electron chi connectivity index (χ2n) is 8.39. The van der Waals surface area contributed by atoms with Crippen LogP contribution in [0, 0.1) is 0 Å². The zero-order chi connectivity index (χ0) is 17.3. The molecule has 138 valence electrons. The third-order valence-electron chi connectivity index (χ3n) is 7.02. The van der Waals surface area contributed by atoms with E-state index in [-0.39, 0.29) is 0 Å². The zero-order valence-corrected chi connectivity index (χ0v) is 15.9. The molecule has 1 aliphatic heterocycles. The highest BCUT2D eigenvalue weighted by Crippen LogP contribution is 2.50. The van der Waals surface area contributed by atoms with E-state index < -0.39 is 0 Å². The first-order valence-corrected chi connectivity index (χ1v) is 10.3. The Morgan fingerprint density at radius 3 is 2.56 bits per heavy atom. The molecule has 3 nitrogen and oxygen atoms in total. The number of benzene rings is 1. The summed E-state index contributed by atoms with van der Waals surface area (Å²) in [6.07, 6.45) is 13.3. The Morgan fingerprint density at radius 1 is 0.960 bits per heavy atom. The fraction of sp³-hybridized carbons (Fsp3) is 0.727. The van der Waals surface area contributed by atoms with E-state index in [0.29, 0.717) is 17.6 Å². The van der Waals surface area contributed by atoms with Crippen molar-refractivity contribution in [2.45, 2.75) is 81.8 Å². The third kappa shape index (κ3) is 3.16. The van der Waals surface area contributed by atoms with E-state index in [9.17, 15) is 0 Å². The quantitative estimate of drug-likeness (QED) is 0.774. The van der Waals surface area contributed by atoms with Gasteiger partial charge in [-0.3, -0.25) is 0 Å². The SMILES string of the molecule is COc1ccc([C@@]23CCCCC2N(C)CC3)cc1OC1CCCCC1. The van der Waals surface area contributed by atoms with Crippen LogP contribution in [0.4, 0.5) is 0 Å². The molecule has 2 atom stereocenters. The molecular weight excluding hydrogens is 310 g/mol. The molecule has 1 saturated heterocycles. The van der Waals surface area contributed by atoms with Crippen molar-refractivity contribution in [3.8, 4) is 11.5 Å². The molecule has 0 amide bonds. The smallest absolute Gasteiger partial charge is 0.161 e. The lowest BCUT2D eigenvalue weighted by atomic mass is 9.66. The maximum atomic E-state index is 6.44. The molecule has 3 fully saturated rings. The number of methoxy groups -OCH3 is 1. The summed E-state index contributed by atoms with van der Waals surface area (Å²) in [6.45, 7) is 1.22. The monoisotopic (exact) mass is 343 g/mol. The summed E-state index contributed by atoms with van der Waals surface area (Å²) >= 11 is 0. The minimum absolute atomic E-state index is 0.323. The molecule has 0 N–H and O–H groups in total. The standard InChI is InChI=1S/C22H33NO2/c1-23-15-14-22(13-7-6-10-21(22)23)17-11-12-19(24-2)20(16-17)25-18-8-4-3-5-9-18/h11-12,16,18,21H,3-10,13-15H2,1-2H3/t21?,22-/m0/s1. The molecule has 0 aromatic heterocycles. The van der Waals surface area contributed by atoms with Crippen molar-refractivity contribution >= 4 is 0 Å². The molecule has 1 aromatic carbocycles. The van der Waals surface area contributed by atoms with Crippen LogP contribution >= 0.6 is 0 Å². The predicted molar refractivity (Wildman–Crippen MR) is 102 cm³/mol. The fourth-order valence-electron chi connectivity index (χ4n) is 5.61. The Balaban J connectivity index is 1.64. The van der Waals surface area contributed by atoms with Crippen molar-refractivity contribution in [3.63, 3.8) is 0 Å². The summed E-state index contributed by atoms with van der Waals surface area (Å²) in [6, 6.07) is 7.47. The molecule has 0 spiro atoms. The number of likely N-dealkylation sites (tertiary alicyclic amines) is 1. The van der Waals surface area contributed by atoms with Crippen molar-refractivity contribution in [3.05, 3.63) is 23.8 Å². The van der Waals surface area contributed by atoms with Gasteiger partial charge in [0.05, 0.1) is 13.2 Å². The van der Waals surface area contributed by atoms with Gasteiger partial charge >= 0.3 is 0 Å². The number of fused-ring (bicyclic) bond motifs is 1. The van der Waals surface area contributed by atoms with Crippen LogP contribution in [0.25, 0.3) is 0 Å². The Bertz CT molecular complexity index is 592. The van der Waals surface area contributed by atoms with Gasteiger partial charge in [-0.15, -0.1) is 0 Å². The average Bonchev–Trinajstić information content (AvgIpc) is 3.01. The van der Waals surface area contributed by atoms with Crippen LogP contribution in [-0.4, -0.2) is 37.7 Å². The minimum Gasteiger partial charge on any atom is -0.493 e. The van der Waals surface area contributed by atoms with Gasteiger partial charge < -0.3 is 14.4 Å². The van der Waals surface area contributed by atoms with Gasteiger partial charge in [0.15, 0.2) is 11.5 Å². The number of hydrogen-bond donors (Lipinski definition) is 0. The maximum Gasteiger partial charge on any atom is 0.161 e. The van der Waals surface area contributed by atoms with Gasteiger partial charge in [-0.1, -0.05) is 25.3 Å². The zero-order valence-electron chi connectivity index (χ0n) is 15.9. The Labute approximate surface area is 152 Å². The first-order valence-electron chi connectivity index (χ1n) is 10.3. The molecule has 25 heavy (non-hydrogen) atoms. The summed E-state index contributed by atoms with van der Waals surface area (Å²) in [5.41, 5.74) is 1.80. The number of ether oxygens (including phenoxy) is 2. The predicted octanol–water partition coefficient (Wildman–Crippen LogP) is 4.92. The van der Waals surface area contributed by atoms with Gasteiger partial charge in [-0.05, 0) is 76.2 Å². The first kappa shape index (κ1) is 17.2. The molecule has 0 bridgehead atoms. The van der Waals surface area contributed by atoms with Gasteiger partial charge in [0.1, 0.15) is 0 Å². The van der Waals surface area contributed by atoms with E-state index in [0.717, 1.165) is 11.5 Å². The largest absolute Gasteiger partial charge is 0.493 e. The Kier molecular flexibility index (Phi) is 4.95. The summed E-state index contributed by atoms with van der Waals surface area (Å²) in [4.78, 5) is 2.59. The van der Waals surface area contributed by atoms with Crippen LogP contribution in [0.3, 0.4) is 0 Å². The van der Waals surface area contributed by atoms with Gasteiger partial charge in [0.2, 0.25) is 0 Å². The van der Waals surface area contributed by atoms with E-state index in [4.69, 9.17) is 9.47 Å². The highest BCUT2D eigenvalue weighted by molar-refractivity contribution is 5.46. The minimum atomic E-state index is 0.323. The van der Waals surface area contributed by atoms with Gasteiger partial charge in [-0.25, -0.2) is 0 Å². The molecule has 1 heterocycles. The van der Waals surface area contributed by atoms with E-state index in [1.165, 1.54) is 76.3 Å². The average molecular weight is 344 g/mol. The molecule has 0 radical (unpaired) electrons. The van der Waals surface area contributed by atoms with Crippen molar-refractivity contribution in [2.75, 3.05) is 20.7 Å². The van der Waals surface area contributed by atoms with Crippen molar-refractivity contribution in [2.24, 2.45) is 0 Å². The van der Waals surface area contributed by atoms with Crippen molar-refractivity contribution in [1.29, 1.82) is 0 Å². The number of rotatable bonds is 4. The highest BCUT2D eigenvalue weighted by atomic mass is 16.5. The van der Waals surface area contributed by atoms with Crippen molar-refractivity contribution in [1.82, 2.24) is 4.90 Å². The molecule has 2 saturated carbocycles. The fourth-order valence-corrected chi connectivity index (χ4v) is 5.61. The summed E-state index contributed by atoms with van der Waals surface area (Å²) in [5.74, 6) is 1.87. The molecule has 4 rings (SSSR count). The lowest BCUT2D eigenvalue weighted by molar-refractivity contribution is 0.148. The lowest BCUT2D eigenvalue weighted by Gasteiger charge is -2.42. The topological polar surface area (TPSA) is 21.7 Å². The van der Waals surface area contributed by atoms with Crippen LogP contribution in [0.5, 0.6) is 11.5 Å². The van der Waals surface area contributed by atoms with Crippen LogP contribution in [0.15, 0.2) is 18.2 Å². The van der Waals surface area contributed by atoms with E-state index in [1.807, 2.05) is 0 Å². The molecule has 1 aromatic rings. The molecule has 3 aliphatic rings. The number of hydrogen-bond acceptors (Lipinski definition) is 3. The van der Waals surface area contributed by atoms with Crippen molar-refractivity contribution < 1.29 is 9.47 Å². The molecule has 3 heteroatoms. The summed E-state index contributed by atoms with van der Waals surface area (Å²) in [5, 5.41) is 0. The highest BCUT2D eigenvalue weighted by Gasteiger charge is 2.48. The summed E-state index contributed by atoms with van der Waals surface area (Å²) in [7, 11) is 4.06. The Morgan fingerprint density at radius 2 is 1.76 bits per heavy atom. The van der Waals surface area contributed by atoms with Gasteiger partial charge in [0, 0.05) is 11.5 Å². The lowest BCUT2D eigenvalue weighted by Crippen LogP contribution is -2.43. The van der Waals surface area contributed by atoms with Crippen LogP contribution < -0.4 is 9.47 Å². The van der Waals surface area contributed by atoms with E-state index >= 15 is 0 Å². The molecule has 2 aliphatic carbocycles. The Hall–Kier alpha value is -1.22. The van der Waals surface area contributed by atoms with Crippen LogP contribution in [0.2, 0.25) is 0 Å². The maximum absolute atomic E-state index is 6.44. The normalized spacial score (nSPS) is 30.9. The van der Waals surface area contributed by atoms with E-state index in [2.05, 4.69) is 30.1 Å².